The SMILES string of the molecule is O=CCCN1C=CC=CC1. The highest BCUT2D eigenvalue weighted by Gasteiger charge is 1.96. The number of carbonyl (C=O) groups excluding carboxylic acids is 1. The molecule has 2 heteroatoms. The van der Waals surface area contributed by atoms with Crippen molar-refractivity contribution in [3.05, 3.63) is 24.4 Å². The fourth-order valence-electron chi connectivity index (χ4n) is 0.891. The summed E-state index contributed by atoms with van der Waals surface area (Å²) in [7, 11) is 0. The van der Waals surface area contributed by atoms with Crippen LogP contribution >= 0.6 is 0 Å². The predicted molar refractivity (Wildman–Crippen MR) is 40.5 cm³/mol. The van der Waals surface area contributed by atoms with E-state index in [0.717, 1.165) is 19.4 Å². The van der Waals surface area contributed by atoms with Crippen LogP contribution in [0.15, 0.2) is 24.4 Å². The van der Waals surface area contributed by atoms with E-state index in [9.17, 15) is 4.79 Å². The first-order valence-electron chi connectivity index (χ1n) is 3.44. The highest BCUT2D eigenvalue weighted by Crippen LogP contribution is 1.97. The van der Waals surface area contributed by atoms with Gasteiger partial charge in [-0.25, -0.2) is 0 Å². The fourth-order valence-corrected chi connectivity index (χ4v) is 0.891. The van der Waals surface area contributed by atoms with Gasteiger partial charge in [0.1, 0.15) is 6.29 Å². The summed E-state index contributed by atoms with van der Waals surface area (Å²) in [6, 6.07) is 0. The Labute approximate surface area is 60.8 Å². The van der Waals surface area contributed by atoms with E-state index in [0.29, 0.717) is 6.42 Å². The molecule has 0 unspecified atom stereocenters. The standard InChI is InChI=1S/C8H11NO/c10-8-4-7-9-5-2-1-3-6-9/h1-3,5,8H,4,6-7H2. The number of hydrogen-bond acceptors (Lipinski definition) is 2. The highest BCUT2D eigenvalue weighted by molar-refractivity contribution is 5.49. The lowest BCUT2D eigenvalue weighted by atomic mass is 10.3. The number of allylic oxidation sites excluding steroid dienone is 2. The third-order valence-corrected chi connectivity index (χ3v) is 1.42. The largest absolute Gasteiger partial charge is 0.373 e. The van der Waals surface area contributed by atoms with Gasteiger partial charge in [-0.3, -0.25) is 0 Å². The Bertz CT molecular complexity index is 161. The smallest absolute Gasteiger partial charge is 0.121 e. The van der Waals surface area contributed by atoms with E-state index in [1.54, 1.807) is 0 Å². The summed E-state index contributed by atoms with van der Waals surface area (Å²) in [6.07, 6.45) is 9.64. The van der Waals surface area contributed by atoms with E-state index >= 15 is 0 Å². The van der Waals surface area contributed by atoms with Gasteiger partial charge in [0.15, 0.2) is 0 Å². The van der Waals surface area contributed by atoms with Crippen molar-refractivity contribution in [2.45, 2.75) is 6.42 Å². The molecular formula is C8H11NO. The Balaban J connectivity index is 2.23. The topological polar surface area (TPSA) is 20.3 Å². The molecule has 0 saturated carbocycles. The molecule has 0 radical (unpaired) electrons. The van der Waals surface area contributed by atoms with Gasteiger partial charge in [-0.05, 0) is 12.3 Å². The second-order valence-corrected chi connectivity index (χ2v) is 2.22. The monoisotopic (exact) mass is 137 g/mol. The van der Waals surface area contributed by atoms with E-state index < -0.39 is 0 Å². The van der Waals surface area contributed by atoms with Gasteiger partial charge in [-0.1, -0.05) is 12.2 Å². The molecule has 10 heavy (non-hydrogen) atoms. The van der Waals surface area contributed by atoms with E-state index in [-0.39, 0.29) is 0 Å². The summed E-state index contributed by atoms with van der Waals surface area (Å²) in [4.78, 5) is 12.1. The lowest BCUT2D eigenvalue weighted by Gasteiger charge is -2.18. The molecule has 0 fully saturated rings. The van der Waals surface area contributed by atoms with E-state index in [1.165, 1.54) is 0 Å². The Kier molecular flexibility index (Phi) is 2.74. The van der Waals surface area contributed by atoms with Crippen LogP contribution in [0, 0.1) is 0 Å². The molecule has 1 rings (SSSR count). The normalized spacial score (nSPS) is 15.8. The van der Waals surface area contributed by atoms with Gasteiger partial charge in [0.05, 0.1) is 0 Å². The molecule has 54 valence electrons. The molecule has 0 bridgehead atoms. The molecule has 0 aromatic heterocycles. The average Bonchev–Trinajstić information content (AvgIpc) is 2.03. The van der Waals surface area contributed by atoms with Crippen molar-refractivity contribution in [2.24, 2.45) is 0 Å². The molecular weight excluding hydrogens is 126 g/mol. The third kappa shape index (κ3) is 2.05. The number of nitrogens with zero attached hydrogens (tertiary/aromatic N) is 1. The van der Waals surface area contributed by atoms with Crippen LogP contribution in [0.1, 0.15) is 6.42 Å². The zero-order chi connectivity index (χ0) is 7.23. The van der Waals surface area contributed by atoms with E-state index in [1.807, 2.05) is 18.4 Å². The van der Waals surface area contributed by atoms with Gasteiger partial charge in [0.2, 0.25) is 0 Å². The summed E-state index contributed by atoms with van der Waals surface area (Å²) < 4.78 is 0. The van der Waals surface area contributed by atoms with Crippen LogP contribution in [0.5, 0.6) is 0 Å². The molecule has 1 aliphatic heterocycles. The van der Waals surface area contributed by atoms with Crippen LogP contribution in [-0.2, 0) is 4.79 Å². The first kappa shape index (κ1) is 7.06. The van der Waals surface area contributed by atoms with Crippen molar-refractivity contribution in [1.82, 2.24) is 4.90 Å². The van der Waals surface area contributed by atoms with Crippen LogP contribution in [0.4, 0.5) is 0 Å². The molecule has 2 nitrogen and oxygen atoms in total. The second kappa shape index (κ2) is 3.88. The molecule has 0 amide bonds. The Morgan fingerprint density at radius 3 is 3.00 bits per heavy atom. The minimum atomic E-state index is 0.623. The molecule has 0 atom stereocenters. The summed E-state index contributed by atoms with van der Waals surface area (Å²) in [5, 5.41) is 0. The zero-order valence-electron chi connectivity index (χ0n) is 5.86. The van der Waals surface area contributed by atoms with Gasteiger partial charge in [-0.15, -0.1) is 0 Å². The third-order valence-electron chi connectivity index (χ3n) is 1.42. The molecule has 0 N–H and O–H groups in total. The number of rotatable bonds is 3. The Hall–Kier alpha value is -1.05. The molecule has 0 spiro atoms. The zero-order valence-corrected chi connectivity index (χ0v) is 5.86. The Morgan fingerprint density at radius 2 is 2.40 bits per heavy atom. The Morgan fingerprint density at radius 1 is 1.50 bits per heavy atom. The molecule has 0 aromatic rings. The van der Waals surface area contributed by atoms with Gasteiger partial charge < -0.3 is 9.69 Å². The first-order valence-corrected chi connectivity index (χ1v) is 3.44. The fraction of sp³-hybridized carbons (Fsp3) is 0.375. The quantitative estimate of drug-likeness (QED) is 0.540. The molecule has 0 aliphatic carbocycles. The lowest BCUT2D eigenvalue weighted by Crippen LogP contribution is -2.20. The van der Waals surface area contributed by atoms with Crippen molar-refractivity contribution >= 4 is 6.29 Å². The first-order chi connectivity index (χ1) is 4.93. The van der Waals surface area contributed by atoms with E-state index in [4.69, 9.17) is 0 Å². The van der Waals surface area contributed by atoms with Crippen LogP contribution in [0.3, 0.4) is 0 Å². The summed E-state index contributed by atoms with van der Waals surface area (Å²) in [5.74, 6) is 0. The second-order valence-electron chi connectivity index (χ2n) is 2.22. The number of aldehydes is 1. The number of hydrogen-bond donors (Lipinski definition) is 0. The maximum absolute atomic E-state index is 9.98. The van der Waals surface area contributed by atoms with Gasteiger partial charge in [-0.2, -0.15) is 0 Å². The summed E-state index contributed by atoms with van der Waals surface area (Å²) in [5.41, 5.74) is 0. The number of carbonyl (C=O) groups is 1. The highest BCUT2D eigenvalue weighted by atomic mass is 16.1. The predicted octanol–water partition coefficient (Wildman–Crippen LogP) is 0.961. The van der Waals surface area contributed by atoms with Gasteiger partial charge in [0.25, 0.3) is 0 Å². The minimum Gasteiger partial charge on any atom is -0.373 e. The van der Waals surface area contributed by atoms with Crippen LogP contribution in [0.2, 0.25) is 0 Å². The van der Waals surface area contributed by atoms with Crippen molar-refractivity contribution in [2.75, 3.05) is 13.1 Å². The summed E-state index contributed by atoms with van der Waals surface area (Å²) in [6.45, 7) is 1.77. The van der Waals surface area contributed by atoms with Crippen molar-refractivity contribution in [3.63, 3.8) is 0 Å². The minimum absolute atomic E-state index is 0.623. The molecule has 1 heterocycles. The summed E-state index contributed by atoms with van der Waals surface area (Å²) >= 11 is 0. The average molecular weight is 137 g/mol. The van der Waals surface area contributed by atoms with Crippen LogP contribution in [0.25, 0.3) is 0 Å². The molecule has 1 aliphatic rings. The van der Waals surface area contributed by atoms with Crippen molar-refractivity contribution in [3.8, 4) is 0 Å². The maximum Gasteiger partial charge on any atom is 0.121 e. The van der Waals surface area contributed by atoms with Gasteiger partial charge >= 0.3 is 0 Å². The van der Waals surface area contributed by atoms with Crippen LogP contribution < -0.4 is 0 Å². The van der Waals surface area contributed by atoms with Gasteiger partial charge in [0, 0.05) is 19.5 Å². The molecule has 0 aromatic carbocycles. The van der Waals surface area contributed by atoms with E-state index in [2.05, 4.69) is 11.0 Å². The maximum atomic E-state index is 9.98. The molecule has 0 saturated heterocycles. The van der Waals surface area contributed by atoms with Crippen molar-refractivity contribution in [1.29, 1.82) is 0 Å². The lowest BCUT2D eigenvalue weighted by molar-refractivity contribution is -0.108. The van der Waals surface area contributed by atoms with Crippen molar-refractivity contribution < 1.29 is 4.79 Å². The van der Waals surface area contributed by atoms with Crippen LogP contribution in [-0.4, -0.2) is 24.3 Å².